The average molecular weight is 374 g/mol. The number of aryl methyl sites for hydroxylation is 1. The number of fused-ring (bicyclic) bond motifs is 1. The molecule has 1 saturated carbocycles. The Balaban J connectivity index is 1.92. The number of unbranched alkanes of at least 4 members (excludes halogenated alkanes) is 4. The average Bonchev–Trinajstić information content (AvgIpc) is 3.37. The highest BCUT2D eigenvalue weighted by atomic mass is 16.2. The Kier molecular flexibility index (Phi) is 6.29. The van der Waals surface area contributed by atoms with Gasteiger partial charge in [-0.3, -0.25) is 13.9 Å². The Labute approximate surface area is 159 Å². The number of hydrogen-bond donors (Lipinski definition) is 0. The van der Waals surface area contributed by atoms with E-state index in [1.54, 1.807) is 17.8 Å². The van der Waals surface area contributed by atoms with Crippen molar-refractivity contribution in [3.05, 3.63) is 27.2 Å². The molecule has 0 atom stereocenters. The highest BCUT2D eigenvalue weighted by Gasteiger charge is 2.30. The van der Waals surface area contributed by atoms with Gasteiger partial charge in [-0.15, -0.1) is 0 Å². The first-order valence-electron chi connectivity index (χ1n) is 10.2. The van der Waals surface area contributed by atoms with Crippen LogP contribution in [0.3, 0.4) is 0 Å². The first kappa shape index (κ1) is 19.6. The van der Waals surface area contributed by atoms with Gasteiger partial charge in [-0.05, 0) is 39.0 Å². The van der Waals surface area contributed by atoms with Gasteiger partial charge in [0.05, 0.1) is 6.33 Å². The molecule has 7 heteroatoms. The van der Waals surface area contributed by atoms with Crippen LogP contribution < -0.4 is 11.2 Å². The van der Waals surface area contributed by atoms with E-state index in [9.17, 15) is 14.4 Å². The van der Waals surface area contributed by atoms with Gasteiger partial charge in [0.15, 0.2) is 11.2 Å². The van der Waals surface area contributed by atoms with E-state index in [2.05, 4.69) is 11.9 Å². The molecule has 3 rings (SSSR count). The summed E-state index contributed by atoms with van der Waals surface area (Å²) in [5.74, 6) is 0.183. The lowest BCUT2D eigenvalue weighted by atomic mass is 10.2. The van der Waals surface area contributed by atoms with Gasteiger partial charge in [-0.2, -0.15) is 0 Å². The summed E-state index contributed by atoms with van der Waals surface area (Å²) >= 11 is 0. The summed E-state index contributed by atoms with van der Waals surface area (Å²) in [5.41, 5.74) is 0.601. The number of Topliss-reactive ketones (excluding diaryl/α,β-unsaturated/α-hetero) is 1. The molecule has 0 radical (unpaired) electrons. The second-order valence-electron chi connectivity index (χ2n) is 7.67. The summed E-state index contributed by atoms with van der Waals surface area (Å²) in [6.45, 7) is 4.84. The van der Waals surface area contributed by atoms with Crippen LogP contribution in [0.4, 0.5) is 0 Å². The first-order chi connectivity index (χ1) is 13.0. The van der Waals surface area contributed by atoms with Gasteiger partial charge in [-0.25, -0.2) is 9.78 Å². The zero-order chi connectivity index (χ0) is 19.4. The fourth-order valence-corrected chi connectivity index (χ4v) is 3.58. The molecule has 0 bridgehead atoms. The highest BCUT2D eigenvalue weighted by molar-refractivity contribution is 5.75. The number of carbonyl (C=O) groups is 1. The van der Waals surface area contributed by atoms with Gasteiger partial charge in [0, 0.05) is 25.6 Å². The van der Waals surface area contributed by atoms with Crippen LogP contribution in [0.15, 0.2) is 15.9 Å². The van der Waals surface area contributed by atoms with Gasteiger partial charge in [-0.1, -0.05) is 26.2 Å². The van der Waals surface area contributed by atoms with E-state index >= 15 is 0 Å². The molecule has 2 aromatic rings. The minimum atomic E-state index is -0.229. The Bertz CT molecular complexity index is 918. The third-order valence-corrected chi connectivity index (χ3v) is 5.26. The Morgan fingerprint density at radius 1 is 1.11 bits per heavy atom. The summed E-state index contributed by atoms with van der Waals surface area (Å²) in [6, 6.07) is 0.170. The maximum atomic E-state index is 13.1. The maximum absolute atomic E-state index is 13.1. The summed E-state index contributed by atoms with van der Waals surface area (Å²) in [7, 11) is 0. The third kappa shape index (κ3) is 4.39. The van der Waals surface area contributed by atoms with E-state index in [-0.39, 0.29) is 23.1 Å². The summed E-state index contributed by atoms with van der Waals surface area (Å²) in [6.07, 6.45) is 9.85. The molecule has 2 heterocycles. The van der Waals surface area contributed by atoms with Crippen LogP contribution in [-0.2, 0) is 17.9 Å². The lowest BCUT2D eigenvalue weighted by Crippen LogP contribution is -2.40. The monoisotopic (exact) mass is 374 g/mol. The molecular formula is C20H30N4O3. The van der Waals surface area contributed by atoms with E-state index in [0.717, 1.165) is 51.4 Å². The van der Waals surface area contributed by atoms with E-state index in [4.69, 9.17) is 0 Å². The molecule has 0 N–H and O–H groups in total. The molecule has 2 aromatic heterocycles. The lowest BCUT2D eigenvalue weighted by Gasteiger charge is -2.12. The number of imidazole rings is 1. The van der Waals surface area contributed by atoms with Crippen LogP contribution in [0.1, 0.15) is 77.7 Å². The summed E-state index contributed by atoms with van der Waals surface area (Å²) < 4.78 is 4.99. The largest absolute Gasteiger partial charge is 0.332 e. The SMILES string of the molecule is CCCCCCn1c(=O)c2c(ncn2CCCCC(C)=O)n(C2CC2)c1=O. The van der Waals surface area contributed by atoms with Crippen molar-refractivity contribution >= 4 is 16.9 Å². The Morgan fingerprint density at radius 2 is 1.85 bits per heavy atom. The van der Waals surface area contributed by atoms with E-state index in [0.29, 0.717) is 30.7 Å². The number of nitrogens with zero attached hydrogens (tertiary/aromatic N) is 4. The van der Waals surface area contributed by atoms with E-state index in [1.165, 1.54) is 4.57 Å². The quantitative estimate of drug-likeness (QED) is 0.566. The molecule has 0 saturated heterocycles. The summed E-state index contributed by atoms with van der Waals surface area (Å²) in [4.78, 5) is 41.5. The fraction of sp³-hybridized carbons (Fsp3) is 0.700. The number of hydrogen-bond acceptors (Lipinski definition) is 4. The van der Waals surface area contributed by atoms with Crippen molar-refractivity contribution in [3.8, 4) is 0 Å². The van der Waals surface area contributed by atoms with E-state index in [1.807, 2.05) is 4.57 Å². The second kappa shape index (κ2) is 8.67. The zero-order valence-corrected chi connectivity index (χ0v) is 16.4. The van der Waals surface area contributed by atoms with Crippen LogP contribution in [0.5, 0.6) is 0 Å². The fourth-order valence-electron chi connectivity index (χ4n) is 3.58. The van der Waals surface area contributed by atoms with Gasteiger partial charge in [0.1, 0.15) is 5.78 Å². The Morgan fingerprint density at radius 3 is 2.52 bits per heavy atom. The molecule has 0 aromatic carbocycles. The van der Waals surface area contributed by atoms with Gasteiger partial charge in [0.25, 0.3) is 5.56 Å². The van der Waals surface area contributed by atoms with Crippen molar-refractivity contribution < 1.29 is 4.79 Å². The zero-order valence-electron chi connectivity index (χ0n) is 16.4. The predicted octanol–water partition coefficient (Wildman–Crippen LogP) is 3.03. The molecule has 1 fully saturated rings. The number of rotatable bonds is 11. The number of carbonyl (C=O) groups excluding carboxylic acids is 1. The standard InChI is InChI=1S/C20H30N4O3/c1-3-4-5-7-13-23-19(26)17-18(24(20(23)27)16-10-11-16)21-14-22(17)12-8-6-9-15(2)25/h14,16H,3-13H2,1-2H3. The minimum absolute atomic E-state index is 0.170. The second-order valence-corrected chi connectivity index (χ2v) is 7.67. The lowest BCUT2D eigenvalue weighted by molar-refractivity contribution is -0.117. The van der Waals surface area contributed by atoms with Crippen molar-refractivity contribution in [2.24, 2.45) is 0 Å². The van der Waals surface area contributed by atoms with E-state index < -0.39 is 0 Å². The van der Waals surface area contributed by atoms with Gasteiger partial charge >= 0.3 is 5.69 Å². The Hall–Kier alpha value is -2.18. The van der Waals surface area contributed by atoms with Crippen LogP contribution in [0, 0.1) is 0 Å². The van der Waals surface area contributed by atoms with Crippen molar-refractivity contribution in [3.63, 3.8) is 0 Å². The highest BCUT2D eigenvalue weighted by Crippen LogP contribution is 2.34. The molecule has 0 unspecified atom stereocenters. The van der Waals surface area contributed by atoms with Gasteiger partial charge in [0.2, 0.25) is 0 Å². The predicted molar refractivity (Wildman–Crippen MR) is 105 cm³/mol. The van der Waals surface area contributed by atoms with Crippen LogP contribution in [0.2, 0.25) is 0 Å². The molecule has 1 aliphatic carbocycles. The molecule has 0 spiro atoms. The molecule has 1 aliphatic rings. The smallest absolute Gasteiger partial charge is 0.325 e. The normalized spacial score (nSPS) is 14.1. The van der Waals surface area contributed by atoms with Crippen LogP contribution in [0.25, 0.3) is 11.2 Å². The molecule has 148 valence electrons. The van der Waals surface area contributed by atoms with Gasteiger partial charge < -0.3 is 9.36 Å². The van der Waals surface area contributed by atoms with Crippen LogP contribution in [-0.4, -0.2) is 24.5 Å². The number of ketones is 1. The topological polar surface area (TPSA) is 78.9 Å². The number of aromatic nitrogens is 4. The molecule has 27 heavy (non-hydrogen) atoms. The van der Waals surface area contributed by atoms with Crippen LogP contribution >= 0.6 is 0 Å². The van der Waals surface area contributed by atoms with Crippen molar-refractivity contribution in [2.45, 2.75) is 90.8 Å². The molecule has 7 nitrogen and oxygen atoms in total. The third-order valence-electron chi connectivity index (χ3n) is 5.26. The van der Waals surface area contributed by atoms with Crippen molar-refractivity contribution in [2.75, 3.05) is 0 Å². The summed E-state index contributed by atoms with van der Waals surface area (Å²) in [5, 5.41) is 0. The van der Waals surface area contributed by atoms with Crippen molar-refractivity contribution in [1.29, 1.82) is 0 Å². The first-order valence-corrected chi connectivity index (χ1v) is 10.2. The minimum Gasteiger partial charge on any atom is -0.325 e. The molecule has 0 amide bonds. The molecular weight excluding hydrogens is 344 g/mol. The molecule has 0 aliphatic heterocycles. The van der Waals surface area contributed by atoms with Crippen molar-refractivity contribution in [1.82, 2.24) is 18.7 Å². The maximum Gasteiger partial charge on any atom is 0.332 e.